The van der Waals surface area contributed by atoms with Crippen LogP contribution in [0.1, 0.15) is 43.7 Å². The van der Waals surface area contributed by atoms with E-state index >= 15 is 0 Å². The first-order chi connectivity index (χ1) is 9.37. The van der Waals surface area contributed by atoms with Gasteiger partial charge >= 0.3 is 5.51 Å². The summed E-state index contributed by atoms with van der Waals surface area (Å²) in [5, 5.41) is 9.86. The van der Waals surface area contributed by atoms with Gasteiger partial charge in [0.05, 0.1) is 0 Å². The molecule has 2 rings (SSSR count). The zero-order valence-electron chi connectivity index (χ0n) is 11.4. The predicted octanol–water partition coefficient (Wildman–Crippen LogP) is 5.01. The second kappa shape index (κ2) is 7.61. The van der Waals surface area contributed by atoms with Gasteiger partial charge in [-0.25, -0.2) is 0 Å². The molecule has 0 radical (unpaired) electrons. The van der Waals surface area contributed by atoms with E-state index in [0.717, 1.165) is 25.7 Å². The molecule has 21 heavy (non-hydrogen) atoms. The number of hydrogen-bond acceptors (Lipinski definition) is 3. The van der Waals surface area contributed by atoms with Crippen LogP contribution in [0.2, 0.25) is 0 Å². The first kappa shape index (κ1) is 18.5. The average Bonchev–Trinajstić information content (AvgIpc) is 2.40. The predicted molar refractivity (Wildman–Crippen MR) is 80.8 cm³/mol. The highest BCUT2D eigenvalue weighted by Crippen LogP contribution is 2.41. The molecule has 3 N–H and O–H groups in total. The molecule has 1 aliphatic carbocycles. The first-order valence-corrected chi connectivity index (χ1v) is 7.53. The molecular formula is C14H19ClF3NOS. The van der Waals surface area contributed by atoms with E-state index in [0.29, 0.717) is 5.56 Å². The van der Waals surface area contributed by atoms with E-state index in [1.54, 1.807) is 0 Å². The summed E-state index contributed by atoms with van der Waals surface area (Å²) < 4.78 is 37.2. The number of halogens is 4. The van der Waals surface area contributed by atoms with Crippen molar-refractivity contribution >= 4 is 24.2 Å². The fourth-order valence-corrected chi connectivity index (χ4v) is 3.33. The summed E-state index contributed by atoms with van der Waals surface area (Å²) in [4.78, 5) is 0.0663. The normalized spacial score (nSPS) is 18.1. The number of aromatic hydroxyl groups is 1. The van der Waals surface area contributed by atoms with Crippen molar-refractivity contribution in [3.8, 4) is 5.75 Å². The Balaban J connectivity index is 0.00000220. The van der Waals surface area contributed by atoms with Gasteiger partial charge in [-0.2, -0.15) is 13.2 Å². The topological polar surface area (TPSA) is 46.2 Å². The minimum absolute atomic E-state index is 0. The number of alkyl halides is 3. The molecule has 1 aromatic rings. The maximum absolute atomic E-state index is 12.4. The molecule has 1 atom stereocenters. The molecule has 0 aliphatic heterocycles. The Morgan fingerprint density at radius 2 is 1.81 bits per heavy atom. The lowest BCUT2D eigenvalue weighted by Gasteiger charge is -2.28. The summed E-state index contributed by atoms with van der Waals surface area (Å²) in [6, 6.07) is 3.53. The summed E-state index contributed by atoms with van der Waals surface area (Å²) in [5.41, 5.74) is 2.24. The lowest BCUT2D eigenvalue weighted by Crippen LogP contribution is -2.23. The van der Waals surface area contributed by atoms with E-state index in [9.17, 15) is 18.3 Å². The summed E-state index contributed by atoms with van der Waals surface area (Å²) in [6.45, 7) is 0. The molecule has 120 valence electrons. The fourth-order valence-electron chi connectivity index (χ4n) is 2.74. The molecule has 2 nitrogen and oxygen atoms in total. The average molecular weight is 342 g/mol. The van der Waals surface area contributed by atoms with Crippen LogP contribution in [-0.4, -0.2) is 10.6 Å². The van der Waals surface area contributed by atoms with E-state index in [-0.39, 0.29) is 40.7 Å². The second-order valence-corrected chi connectivity index (χ2v) is 6.33. The molecule has 0 amide bonds. The Labute approximate surface area is 132 Å². The number of phenols is 1. The summed E-state index contributed by atoms with van der Waals surface area (Å²) in [6.07, 6.45) is 5.31. The van der Waals surface area contributed by atoms with E-state index in [4.69, 9.17) is 5.73 Å². The van der Waals surface area contributed by atoms with E-state index in [1.165, 1.54) is 24.6 Å². The SMILES string of the molecule is Cl.N[C@H](c1cc(SC(F)(F)F)ccc1O)C1CCCCC1. The summed E-state index contributed by atoms with van der Waals surface area (Å²) >= 11 is -0.179. The Kier molecular flexibility index (Phi) is 6.69. The number of hydrogen-bond donors (Lipinski definition) is 2. The van der Waals surface area contributed by atoms with Crippen LogP contribution in [0.3, 0.4) is 0 Å². The van der Waals surface area contributed by atoms with Gasteiger partial charge in [-0.05, 0) is 48.7 Å². The maximum Gasteiger partial charge on any atom is 0.446 e. The van der Waals surface area contributed by atoms with Crippen LogP contribution in [0.4, 0.5) is 13.2 Å². The highest BCUT2D eigenvalue weighted by atomic mass is 35.5. The number of nitrogens with two attached hydrogens (primary N) is 1. The van der Waals surface area contributed by atoms with Crippen molar-refractivity contribution in [3.63, 3.8) is 0 Å². The molecule has 0 heterocycles. The monoisotopic (exact) mass is 341 g/mol. The molecular weight excluding hydrogens is 323 g/mol. The molecule has 0 bridgehead atoms. The standard InChI is InChI=1S/C14H18F3NOS.ClH/c15-14(16,17)20-10-6-7-12(19)11(8-10)13(18)9-4-2-1-3-5-9;/h6-9,13,19H,1-5,18H2;1H/t13-;/m0./s1. The molecule has 1 aliphatic rings. The molecule has 1 fully saturated rings. The number of rotatable bonds is 3. The number of benzene rings is 1. The number of thioether (sulfide) groups is 1. The molecule has 0 unspecified atom stereocenters. The quantitative estimate of drug-likeness (QED) is 0.760. The Morgan fingerprint density at radius 3 is 2.38 bits per heavy atom. The molecule has 0 aromatic heterocycles. The van der Waals surface area contributed by atoms with Crippen LogP contribution < -0.4 is 5.73 Å². The van der Waals surface area contributed by atoms with Crippen molar-refractivity contribution in [1.82, 2.24) is 0 Å². The lowest BCUT2D eigenvalue weighted by atomic mass is 9.81. The number of phenolic OH excluding ortho intramolecular Hbond substituents is 1. The van der Waals surface area contributed by atoms with Crippen LogP contribution in [0.5, 0.6) is 5.75 Å². The maximum atomic E-state index is 12.4. The van der Waals surface area contributed by atoms with Gasteiger partial charge in [0.1, 0.15) is 5.75 Å². The van der Waals surface area contributed by atoms with Gasteiger partial charge in [-0.1, -0.05) is 19.3 Å². The minimum Gasteiger partial charge on any atom is -0.508 e. The van der Waals surface area contributed by atoms with E-state index in [2.05, 4.69) is 0 Å². The summed E-state index contributed by atoms with van der Waals surface area (Å²) in [7, 11) is 0. The molecule has 1 aromatic carbocycles. The van der Waals surface area contributed by atoms with Crippen molar-refractivity contribution in [3.05, 3.63) is 23.8 Å². The Hall–Kier alpha value is -0.590. The van der Waals surface area contributed by atoms with Crippen LogP contribution >= 0.6 is 24.2 Å². The van der Waals surface area contributed by atoms with Crippen molar-refractivity contribution in [1.29, 1.82) is 0 Å². The molecule has 1 saturated carbocycles. The van der Waals surface area contributed by atoms with Crippen LogP contribution in [-0.2, 0) is 0 Å². The van der Waals surface area contributed by atoms with Gasteiger partial charge in [-0.3, -0.25) is 0 Å². The third-order valence-electron chi connectivity index (χ3n) is 3.75. The van der Waals surface area contributed by atoms with E-state index in [1.807, 2.05) is 0 Å². The Bertz CT molecular complexity index is 464. The minimum atomic E-state index is -4.33. The fraction of sp³-hybridized carbons (Fsp3) is 0.571. The Morgan fingerprint density at radius 1 is 1.19 bits per heavy atom. The third kappa shape index (κ3) is 5.27. The zero-order chi connectivity index (χ0) is 14.8. The van der Waals surface area contributed by atoms with Crippen LogP contribution in [0, 0.1) is 5.92 Å². The van der Waals surface area contributed by atoms with Gasteiger partial charge < -0.3 is 10.8 Å². The third-order valence-corrected chi connectivity index (χ3v) is 4.47. The van der Waals surface area contributed by atoms with Crippen molar-refractivity contribution in [2.45, 2.75) is 48.5 Å². The van der Waals surface area contributed by atoms with Gasteiger partial charge in [0.2, 0.25) is 0 Å². The van der Waals surface area contributed by atoms with Crippen molar-refractivity contribution < 1.29 is 18.3 Å². The van der Waals surface area contributed by atoms with Crippen molar-refractivity contribution in [2.75, 3.05) is 0 Å². The lowest BCUT2D eigenvalue weighted by molar-refractivity contribution is -0.0328. The summed E-state index contributed by atoms with van der Waals surface area (Å²) in [5.74, 6) is 0.218. The first-order valence-electron chi connectivity index (χ1n) is 6.71. The highest BCUT2D eigenvalue weighted by molar-refractivity contribution is 8.00. The van der Waals surface area contributed by atoms with Gasteiger partial charge in [-0.15, -0.1) is 12.4 Å². The zero-order valence-corrected chi connectivity index (χ0v) is 13.0. The van der Waals surface area contributed by atoms with E-state index < -0.39 is 11.6 Å². The molecule has 0 saturated heterocycles. The van der Waals surface area contributed by atoms with Gasteiger partial charge in [0.15, 0.2) is 0 Å². The smallest absolute Gasteiger partial charge is 0.446 e. The molecule has 7 heteroatoms. The largest absolute Gasteiger partial charge is 0.508 e. The van der Waals surface area contributed by atoms with Gasteiger partial charge in [0, 0.05) is 16.5 Å². The van der Waals surface area contributed by atoms with Crippen molar-refractivity contribution in [2.24, 2.45) is 11.7 Å². The van der Waals surface area contributed by atoms with Crippen LogP contribution in [0.15, 0.2) is 23.1 Å². The second-order valence-electron chi connectivity index (χ2n) is 5.19. The van der Waals surface area contributed by atoms with Gasteiger partial charge in [0.25, 0.3) is 0 Å². The molecule has 0 spiro atoms. The van der Waals surface area contributed by atoms with Crippen LogP contribution in [0.25, 0.3) is 0 Å². The highest BCUT2D eigenvalue weighted by Gasteiger charge is 2.30.